The van der Waals surface area contributed by atoms with Gasteiger partial charge in [-0.15, -0.1) is 0 Å². The summed E-state index contributed by atoms with van der Waals surface area (Å²) in [5.41, 5.74) is -0.258. The van der Waals surface area contributed by atoms with Crippen LogP contribution in [0.3, 0.4) is 0 Å². The monoisotopic (exact) mass is 227 g/mol. The Morgan fingerprint density at radius 3 is 2.12 bits per heavy atom. The van der Waals surface area contributed by atoms with Gasteiger partial charge in [0.05, 0.1) is 12.2 Å². The van der Waals surface area contributed by atoms with Crippen LogP contribution in [0.4, 0.5) is 0 Å². The highest BCUT2D eigenvalue weighted by atomic mass is 16.5. The fourth-order valence-corrected chi connectivity index (χ4v) is 2.05. The molecule has 0 spiro atoms. The second kappa shape index (κ2) is 5.17. The summed E-state index contributed by atoms with van der Waals surface area (Å²) in [7, 11) is 0. The zero-order valence-electron chi connectivity index (χ0n) is 11.2. The predicted octanol–water partition coefficient (Wildman–Crippen LogP) is 2.45. The number of carbonyl (C=O) groups excluding carboxylic acids is 1. The molecule has 1 rings (SSSR count). The third-order valence-corrected chi connectivity index (χ3v) is 2.84. The lowest BCUT2D eigenvalue weighted by molar-refractivity contribution is -0.142. The minimum atomic E-state index is -0.258. The van der Waals surface area contributed by atoms with E-state index >= 15 is 0 Å². The smallest absolute Gasteiger partial charge is 0.227 e. The van der Waals surface area contributed by atoms with Crippen LogP contribution in [0.1, 0.15) is 47.5 Å². The zero-order valence-corrected chi connectivity index (χ0v) is 11.2. The fraction of sp³-hybridized carbons (Fsp3) is 0.923. The Morgan fingerprint density at radius 2 is 1.75 bits per heavy atom. The molecule has 3 nitrogen and oxygen atoms in total. The Hall–Kier alpha value is -0.570. The van der Waals surface area contributed by atoms with Gasteiger partial charge in [-0.1, -0.05) is 20.8 Å². The van der Waals surface area contributed by atoms with Gasteiger partial charge in [-0.2, -0.15) is 0 Å². The van der Waals surface area contributed by atoms with Gasteiger partial charge >= 0.3 is 0 Å². The lowest BCUT2D eigenvalue weighted by Gasteiger charge is -2.36. The first kappa shape index (κ1) is 13.5. The molecular weight excluding hydrogens is 202 g/mol. The fourth-order valence-electron chi connectivity index (χ4n) is 2.05. The molecule has 1 amide bonds. The maximum Gasteiger partial charge on any atom is 0.227 e. The Kier molecular flexibility index (Phi) is 4.36. The molecule has 0 aromatic rings. The molecule has 3 heteroatoms. The standard InChI is InChI=1S/C13H25NO2/c1-10(2)16-11-6-8-14(9-7-11)12(15)13(3,4)5/h10-11H,6-9H2,1-5H3. The van der Waals surface area contributed by atoms with E-state index in [0.717, 1.165) is 25.9 Å². The third-order valence-electron chi connectivity index (χ3n) is 2.84. The van der Waals surface area contributed by atoms with Gasteiger partial charge in [-0.25, -0.2) is 0 Å². The van der Waals surface area contributed by atoms with Gasteiger partial charge in [0.2, 0.25) is 5.91 Å². The molecule has 1 aliphatic heterocycles. The molecule has 0 radical (unpaired) electrons. The highest BCUT2D eigenvalue weighted by molar-refractivity contribution is 5.81. The van der Waals surface area contributed by atoms with E-state index in [-0.39, 0.29) is 17.4 Å². The third kappa shape index (κ3) is 3.78. The van der Waals surface area contributed by atoms with Crippen LogP contribution in [-0.4, -0.2) is 36.1 Å². The van der Waals surface area contributed by atoms with Crippen molar-refractivity contribution in [3.05, 3.63) is 0 Å². The van der Waals surface area contributed by atoms with Gasteiger partial charge in [-0.3, -0.25) is 4.79 Å². The lowest BCUT2D eigenvalue weighted by Crippen LogP contribution is -2.45. The molecule has 0 aromatic carbocycles. The lowest BCUT2D eigenvalue weighted by atomic mass is 9.93. The van der Waals surface area contributed by atoms with Gasteiger partial charge < -0.3 is 9.64 Å². The van der Waals surface area contributed by atoms with Crippen molar-refractivity contribution in [1.82, 2.24) is 4.90 Å². The number of hydrogen-bond donors (Lipinski definition) is 0. The summed E-state index contributed by atoms with van der Waals surface area (Å²) in [6.45, 7) is 11.7. The van der Waals surface area contributed by atoms with Crippen molar-refractivity contribution < 1.29 is 9.53 Å². The number of rotatable bonds is 2. The summed E-state index contributed by atoms with van der Waals surface area (Å²) < 4.78 is 5.77. The average Bonchev–Trinajstić information content (AvgIpc) is 2.15. The van der Waals surface area contributed by atoms with Crippen molar-refractivity contribution in [1.29, 1.82) is 0 Å². The number of nitrogens with zero attached hydrogens (tertiary/aromatic N) is 1. The highest BCUT2D eigenvalue weighted by Crippen LogP contribution is 2.22. The molecule has 0 aromatic heterocycles. The molecule has 0 atom stereocenters. The Labute approximate surface area is 99.1 Å². The maximum atomic E-state index is 12.0. The molecular formula is C13H25NO2. The van der Waals surface area contributed by atoms with Crippen LogP contribution in [0.15, 0.2) is 0 Å². The van der Waals surface area contributed by atoms with Gasteiger partial charge in [0, 0.05) is 18.5 Å². The predicted molar refractivity (Wildman–Crippen MR) is 65.3 cm³/mol. The van der Waals surface area contributed by atoms with E-state index in [9.17, 15) is 4.79 Å². The van der Waals surface area contributed by atoms with Crippen LogP contribution in [0.25, 0.3) is 0 Å². The van der Waals surface area contributed by atoms with Crippen molar-refractivity contribution in [2.45, 2.75) is 59.7 Å². The molecule has 0 bridgehead atoms. The SMILES string of the molecule is CC(C)OC1CCN(C(=O)C(C)(C)C)CC1. The van der Waals surface area contributed by atoms with Crippen molar-refractivity contribution >= 4 is 5.91 Å². The Bertz CT molecular complexity index is 235. The summed E-state index contributed by atoms with van der Waals surface area (Å²) in [5.74, 6) is 0.260. The summed E-state index contributed by atoms with van der Waals surface area (Å²) >= 11 is 0. The summed E-state index contributed by atoms with van der Waals surface area (Å²) in [5, 5.41) is 0. The molecule has 1 heterocycles. The number of amides is 1. The zero-order chi connectivity index (χ0) is 12.3. The van der Waals surface area contributed by atoms with Gasteiger partial charge in [0.25, 0.3) is 0 Å². The first-order valence-corrected chi connectivity index (χ1v) is 6.25. The number of hydrogen-bond acceptors (Lipinski definition) is 2. The minimum absolute atomic E-state index is 0.258. The quantitative estimate of drug-likeness (QED) is 0.725. The van der Waals surface area contributed by atoms with E-state index in [2.05, 4.69) is 13.8 Å². The minimum Gasteiger partial charge on any atom is -0.375 e. The van der Waals surface area contributed by atoms with E-state index in [1.165, 1.54) is 0 Å². The van der Waals surface area contributed by atoms with E-state index in [4.69, 9.17) is 4.74 Å². The molecule has 0 unspecified atom stereocenters. The number of ether oxygens (including phenoxy) is 1. The molecule has 0 N–H and O–H groups in total. The normalized spacial score (nSPS) is 19.2. The van der Waals surface area contributed by atoms with Crippen molar-refractivity contribution in [3.8, 4) is 0 Å². The van der Waals surface area contributed by atoms with Gasteiger partial charge in [-0.05, 0) is 26.7 Å². The maximum absolute atomic E-state index is 12.0. The first-order chi connectivity index (χ1) is 7.30. The Balaban J connectivity index is 2.40. The summed E-state index contributed by atoms with van der Waals surface area (Å²) in [4.78, 5) is 14.0. The second-order valence-electron chi connectivity index (χ2n) is 5.93. The van der Waals surface area contributed by atoms with Crippen LogP contribution in [0, 0.1) is 5.41 Å². The molecule has 1 aliphatic rings. The van der Waals surface area contributed by atoms with Crippen LogP contribution in [0.5, 0.6) is 0 Å². The van der Waals surface area contributed by atoms with E-state index in [0.29, 0.717) is 6.10 Å². The molecule has 0 aliphatic carbocycles. The largest absolute Gasteiger partial charge is 0.375 e. The first-order valence-electron chi connectivity index (χ1n) is 6.25. The van der Waals surface area contributed by atoms with E-state index in [1.807, 2.05) is 25.7 Å². The number of piperidine rings is 1. The van der Waals surface area contributed by atoms with Crippen LogP contribution >= 0.6 is 0 Å². The molecule has 94 valence electrons. The average molecular weight is 227 g/mol. The molecule has 1 saturated heterocycles. The number of likely N-dealkylation sites (tertiary alicyclic amines) is 1. The topological polar surface area (TPSA) is 29.5 Å². The van der Waals surface area contributed by atoms with Gasteiger partial charge in [0.15, 0.2) is 0 Å². The van der Waals surface area contributed by atoms with Crippen LogP contribution in [0.2, 0.25) is 0 Å². The number of carbonyl (C=O) groups is 1. The van der Waals surface area contributed by atoms with Crippen molar-refractivity contribution in [3.63, 3.8) is 0 Å². The summed E-state index contributed by atoms with van der Waals surface area (Å²) in [6.07, 6.45) is 2.57. The van der Waals surface area contributed by atoms with Crippen molar-refractivity contribution in [2.24, 2.45) is 5.41 Å². The van der Waals surface area contributed by atoms with Crippen LogP contribution < -0.4 is 0 Å². The molecule has 1 fully saturated rings. The van der Waals surface area contributed by atoms with Crippen LogP contribution in [-0.2, 0) is 9.53 Å². The molecule has 16 heavy (non-hydrogen) atoms. The van der Waals surface area contributed by atoms with E-state index < -0.39 is 0 Å². The van der Waals surface area contributed by atoms with Gasteiger partial charge in [0.1, 0.15) is 0 Å². The summed E-state index contributed by atoms with van der Waals surface area (Å²) in [6, 6.07) is 0. The Morgan fingerprint density at radius 1 is 1.25 bits per heavy atom. The highest BCUT2D eigenvalue weighted by Gasteiger charge is 2.30. The molecule has 0 saturated carbocycles. The van der Waals surface area contributed by atoms with E-state index in [1.54, 1.807) is 0 Å². The van der Waals surface area contributed by atoms with Crippen molar-refractivity contribution in [2.75, 3.05) is 13.1 Å². The second-order valence-corrected chi connectivity index (χ2v) is 5.93.